The maximum absolute atomic E-state index is 10.5. The number of carbonyl (C=O) groups is 1. The summed E-state index contributed by atoms with van der Waals surface area (Å²) in [7, 11) is 0. The molecule has 0 aliphatic carbocycles. The fraction of sp³-hybridized carbons (Fsp3) is 0.364. The molecule has 0 saturated heterocycles. The van der Waals surface area contributed by atoms with Gasteiger partial charge in [-0.3, -0.25) is 4.79 Å². The predicted octanol–water partition coefficient (Wildman–Crippen LogP) is 2.08. The van der Waals surface area contributed by atoms with Crippen molar-refractivity contribution in [1.82, 2.24) is 0 Å². The van der Waals surface area contributed by atoms with Gasteiger partial charge >= 0.3 is 5.97 Å². The second-order valence-electron chi connectivity index (χ2n) is 3.56. The summed E-state index contributed by atoms with van der Waals surface area (Å²) in [4.78, 5) is 10.5. The summed E-state index contributed by atoms with van der Waals surface area (Å²) in [6.07, 6.45) is 0.371. The number of hydrogen-bond acceptors (Lipinski definition) is 3. The number of phenolic OH excluding ortho intramolecular Hbond substituents is 1. The first kappa shape index (κ1) is 12.8. The van der Waals surface area contributed by atoms with Crippen molar-refractivity contribution in [2.75, 3.05) is 0 Å². The quantitative estimate of drug-likeness (QED) is 0.756. The summed E-state index contributed by atoms with van der Waals surface area (Å²) in [5.41, 5.74) is 6.74. The van der Waals surface area contributed by atoms with E-state index in [4.69, 9.17) is 22.4 Å². The van der Waals surface area contributed by atoms with Gasteiger partial charge in [0.1, 0.15) is 5.75 Å². The van der Waals surface area contributed by atoms with Crippen molar-refractivity contribution in [1.29, 1.82) is 0 Å². The molecule has 1 atom stereocenters. The van der Waals surface area contributed by atoms with Crippen molar-refractivity contribution >= 4 is 17.6 Å². The average molecular weight is 244 g/mol. The summed E-state index contributed by atoms with van der Waals surface area (Å²) in [6.45, 7) is 1.87. The van der Waals surface area contributed by atoms with E-state index in [2.05, 4.69) is 0 Å². The molecule has 1 unspecified atom stereocenters. The first-order valence-electron chi connectivity index (χ1n) is 4.94. The minimum Gasteiger partial charge on any atom is -0.507 e. The lowest BCUT2D eigenvalue weighted by atomic mass is 9.99. The van der Waals surface area contributed by atoms with Crippen LogP contribution in [-0.4, -0.2) is 16.2 Å². The minimum absolute atomic E-state index is 0.0423. The summed E-state index contributed by atoms with van der Waals surface area (Å²) in [5, 5.41) is 19.0. The van der Waals surface area contributed by atoms with Gasteiger partial charge in [-0.05, 0) is 24.1 Å². The third-order valence-electron chi connectivity index (χ3n) is 2.36. The molecule has 0 heterocycles. The number of carboxylic acids is 1. The van der Waals surface area contributed by atoms with Gasteiger partial charge in [0.15, 0.2) is 0 Å². The van der Waals surface area contributed by atoms with Crippen molar-refractivity contribution < 1.29 is 15.0 Å². The van der Waals surface area contributed by atoms with Gasteiger partial charge in [-0.15, -0.1) is 0 Å². The maximum atomic E-state index is 10.5. The van der Waals surface area contributed by atoms with Gasteiger partial charge in [0.25, 0.3) is 0 Å². The van der Waals surface area contributed by atoms with E-state index in [0.717, 1.165) is 0 Å². The zero-order valence-electron chi connectivity index (χ0n) is 8.90. The zero-order chi connectivity index (χ0) is 12.3. The maximum Gasteiger partial charge on any atom is 0.305 e. The Morgan fingerprint density at radius 3 is 2.69 bits per heavy atom. The van der Waals surface area contributed by atoms with E-state index in [-0.39, 0.29) is 12.2 Å². The SMILES string of the molecule is CCc1cc(Cl)cc(C(N)CC(=O)O)c1O. The van der Waals surface area contributed by atoms with Gasteiger partial charge in [0.2, 0.25) is 0 Å². The summed E-state index contributed by atoms with van der Waals surface area (Å²) in [5.74, 6) is -0.967. The Balaban J connectivity index is 3.12. The number of nitrogens with two attached hydrogens (primary N) is 1. The molecule has 0 radical (unpaired) electrons. The van der Waals surface area contributed by atoms with Gasteiger partial charge in [-0.2, -0.15) is 0 Å². The Morgan fingerprint density at radius 1 is 1.56 bits per heavy atom. The van der Waals surface area contributed by atoms with Crippen LogP contribution in [0.5, 0.6) is 5.75 Å². The summed E-state index contributed by atoms with van der Waals surface area (Å²) < 4.78 is 0. The molecule has 1 aromatic carbocycles. The number of aromatic hydroxyl groups is 1. The van der Waals surface area contributed by atoms with Crippen molar-refractivity contribution in [3.63, 3.8) is 0 Å². The summed E-state index contributed by atoms with van der Waals surface area (Å²) >= 11 is 5.87. The number of carboxylic acid groups (broad SMARTS) is 1. The van der Waals surface area contributed by atoms with Crippen LogP contribution in [0.25, 0.3) is 0 Å². The van der Waals surface area contributed by atoms with Crippen LogP contribution in [0.3, 0.4) is 0 Å². The normalized spacial score (nSPS) is 12.4. The molecular weight excluding hydrogens is 230 g/mol. The van der Waals surface area contributed by atoms with Crippen LogP contribution in [0.15, 0.2) is 12.1 Å². The van der Waals surface area contributed by atoms with Gasteiger partial charge in [-0.25, -0.2) is 0 Å². The molecule has 1 rings (SSSR count). The lowest BCUT2D eigenvalue weighted by Crippen LogP contribution is -2.15. The van der Waals surface area contributed by atoms with Crippen LogP contribution in [-0.2, 0) is 11.2 Å². The fourth-order valence-corrected chi connectivity index (χ4v) is 1.78. The number of aryl methyl sites for hydroxylation is 1. The number of rotatable bonds is 4. The van der Waals surface area contributed by atoms with E-state index in [9.17, 15) is 9.90 Å². The molecule has 4 N–H and O–H groups in total. The van der Waals surface area contributed by atoms with Crippen LogP contribution >= 0.6 is 11.6 Å². The average Bonchev–Trinajstić information content (AvgIpc) is 2.19. The van der Waals surface area contributed by atoms with Crippen molar-refractivity contribution in [3.8, 4) is 5.75 Å². The van der Waals surface area contributed by atoms with E-state index < -0.39 is 12.0 Å². The largest absolute Gasteiger partial charge is 0.507 e. The van der Waals surface area contributed by atoms with Gasteiger partial charge in [-0.1, -0.05) is 18.5 Å². The van der Waals surface area contributed by atoms with E-state index in [1.54, 1.807) is 6.07 Å². The zero-order valence-corrected chi connectivity index (χ0v) is 9.66. The van der Waals surface area contributed by atoms with Crippen LogP contribution in [0.4, 0.5) is 0 Å². The van der Waals surface area contributed by atoms with E-state index in [0.29, 0.717) is 22.6 Å². The van der Waals surface area contributed by atoms with Crippen molar-refractivity contribution in [3.05, 3.63) is 28.3 Å². The second kappa shape index (κ2) is 5.18. The highest BCUT2D eigenvalue weighted by Gasteiger charge is 2.17. The predicted molar refractivity (Wildman–Crippen MR) is 61.7 cm³/mol. The second-order valence-corrected chi connectivity index (χ2v) is 4.00. The molecule has 4 nitrogen and oxygen atoms in total. The monoisotopic (exact) mass is 243 g/mol. The first-order valence-corrected chi connectivity index (χ1v) is 5.32. The standard InChI is InChI=1S/C11H14ClNO3/c1-2-6-3-7(12)4-8(11(6)16)9(13)5-10(14)15/h3-4,9,16H,2,5,13H2,1H3,(H,14,15). The van der Waals surface area contributed by atoms with E-state index in [1.165, 1.54) is 6.07 Å². The summed E-state index contributed by atoms with van der Waals surface area (Å²) in [6, 6.07) is 2.40. The molecule has 88 valence electrons. The molecule has 1 aromatic rings. The Bertz CT molecular complexity index is 406. The first-order chi connectivity index (χ1) is 7.45. The molecule has 0 aromatic heterocycles. The molecule has 0 amide bonds. The highest BCUT2D eigenvalue weighted by atomic mass is 35.5. The third-order valence-corrected chi connectivity index (χ3v) is 2.58. The molecule has 16 heavy (non-hydrogen) atoms. The number of hydrogen-bond donors (Lipinski definition) is 3. The fourth-order valence-electron chi connectivity index (χ4n) is 1.53. The lowest BCUT2D eigenvalue weighted by Gasteiger charge is -2.14. The van der Waals surface area contributed by atoms with Crippen molar-refractivity contribution in [2.24, 2.45) is 5.73 Å². The van der Waals surface area contributed by atoms with Crippen LogP contribution in [0, 0.1) is 0 Å². The molecule has 0 spiro atoms. The number of phenols is 1. The Kier molecular flexibility index (Phi) is 4.15. The van der Waals surface area contributed by atoms with E-state index >= 15 is 0 Å². The minimum atomic E-state index is -1.01. The van der Waals surface area contributed by atoms with Crippen molar-refractivity contribution in [2.45, 2.75) is 25.8 Å². The number of benzene rings is 1. The number of halogens is 1. The number of aliphatic carboxylic acids is 1. The third kappa shape index (κ3) is 2.87. The van der Waals surface area contributed by atoms with Gasteiger partial charge in [0.05, 0.1) is 6.42 Å². The highest BCUT2D eigenvalue weighted by molar-refractivity contribution is 6.30. The van der Waals surface area contributed by atoms with E-state index in [1.807, 2.05) is 6.92 Å². The van der Waals surface area contributed by atoms with Crippen LogP contribution in [0.1, 0.15) is 30.5 Å². The van der Waals surface area contributed by atoms with Crippen LogP contribution in [0.2, 0.25) is 5.02 Å². The molecule has 0 saturated carbocycles. The Hall–Kier alpha value is -1.26. The van der Waals surface area contributed by atoms with Gasteiger partial charge in [0, 0.05) is 16.6 Å². The highest BCUT2D eigenvalue weighted by Crippen LogP contribution is 2.32. The topological polar surface area (TPSA) is 83.6 Å². The molecule has 0 aliphatic rings. The molecular formula is C11H14ClNO3. The van der Waals surface area contributed by atoms with Gasteiger partial charge < -0.3 is 15.9 Å². The molecule has 0 bridgehead atoms. The smallest absolute Gasteiger partial charge is 0.305 e. The lowest BCUT2D eigenvalue weighted by molar-refractivity contribution is -0.137. The molecule has 5 heteroatoms. The molecule has 0 fully saturated rings. The van der Waals surface area contributed by atoms with Crippen LogP contribution < -0.4 is 5.73 Å². The Morgan fingerprint density at radius 2 is 2.19 bits per heavy atom. The Labute approximate surface area is 98.6 Å². The molecule has 0 aliphatic heterocycles.